The van der Waals surface area contributed by atoms with Gasteiger partial charge in [0.2, 0.25) is 0 Å². The maximum absolute atomic E-state index is 10.4. The van der Waals surface area contributed by atoms with E-state index in [1.807, 2.05) is 19.1 Å². The topological polar surface area (TPSA) is 37.3 Å². The number of rotatable bonds is 7. The van der Waals surface area contributed by atoms with Gasteiger partial charge >= 0.3 is 5.97 Å². The number of allylic oxidation sites excluding steroid dienone is 7. The Labute approximate surface area is 138 Å². The molecule has 0 bridgehead atoms. The Morgan fingerprint density at radius 2 is 2.04 bits per heavy atom. The summed E-state index contributed by atoms with van der Waals surface area (Å²) < 4.78 is 0. The number of carbonyl (C=O) groups is 1. The first kappa shape index (κ1) is 18.4. The molecule has 1 aromatic carbocycles. The molecule has 0 saturated carbocycles. The van der Waals surface area contributed by atoms with E-state index in [1.54, 1.807) is 12.2 Å². The molecule has 0 amide bonds. The second-order valence-corrected chi connectivity index (χ2v) is 5.44. The number of hydrogen-bond donors (Lipinski definition) is 1. The van der Waals surface area contributed by atoms with E-state index in [0.717, 1.165) is 11.1 Å². The van der Waals surface area contributed by atoms with E-state index in [9.17, 15) is 4.79 Å². The van der Waals surface area contributed by atoms with E-state index >= 15 is 0 Å². The Bertz CT molecular complexity index is 686. The average Bonchev–Trinajstić information content (AvgIpc) is 2.49. The summed E-state index contributed by atoms with van der Waals surface area (Å²) in [6.07, 6.45) is 13.3. The molecule has 0 radical (unpaired) electrons. The normalized spacial score (nSPS) is 13.0. The molecule has 23 heavy (non-hydrogen) atoms. The molecule has 0 aliphatic heterocycles. The van der Waals surface area contributed by atoms with Crippen molar-refractivity contribution in [2.45, 2.75) is 27.2 Å². The summed E-state index contributed by atoms with van der Waals surface area (Å²) in [6, 6.07) is 6.38. The van der Waals surface area contributed by atoms with Crippen molar-refractivity contribution in [1.82, 2.24) is 0 Å². The van der Waals surface area contributed by atoms with Crippen LogP contribution >= 0.6 is 0 Å². The van der Waals surface area contributed by atoms with Crippen LogP contribution in [0, 0.1) is 6.92 Å². The number of benzene rings is 1. The van der Waals surface area contributed by atoms with Crippen LogP contribution in [0.15, 0.2) is 66.8 Å². The maximum atomic E-state index is 10.4. The molecule has 0 atom stereocenters. The van der Waals surface area contributed by atoms with Gasteiger partial charge in [0.15, 0.2) is 0 Å². The first-order valence-corrected chi connectivity index (χ1v) is 7.58. The summed E-state index contributed by atoms with van der Waals surface area (Å²) in [7, 11) is 0. The summed E-state index contributed by atoms with van der Waals surface area (Å²) in [5.41, 5.74) is 5.84. The Balaban J connectivity index is 3.01. The summed E-state index contributed by atoms with van der Waals surface area (Å²) in [5, 5.41) is 8.56. The van der Waals surface area contributed by atoms with Crippen molar-refractivity contribution < 1.29 is 9.90 Å². The molecule has 120 valence electrons. The van der Waals surface area contributed by atoms with Crippen LogP contribution in [0.4, 0.5) is 0 Å². The molecule has 0 fully saturated rings. The van der Waals surface area contributed by atoms with E-state index in [2.05, 4.69) is 50.8 Å². The lowest BCUT2D eigenvalue weighted by Crippen LogP contribution is -1.88. The Morgan fingerprint density at radius 3 is 2.70 bits per heavy atom. The van der Waals surface area contributed by atoms with Crippen molar-refractivity contribution >= 4 is 17.6 Å². The van der Waals surface area contributed by atoms with Crippen molar-refractivity contribution in [1.29, 1.82) is 0 Å². The minimum Gasteiger partial charge on any atom is -0.478 e. The summed E-state index contributed by atoms with van der Waals surface area (Å²) in [5.74, 6) is -0.916. The minimum absolute atomic E-state index is 0.610. The highest BCUT2D eigenvalue weighted by molar-refractivity contribution is 5.79. The van der Waals surface area contributed by atoms with Gasteiger partial charge in [-0.1, -0.05) is 72.4 Å². The number of aliphatic carboxylic acids is 1. The summed E-state index contributed by atoms with van der Waals surface area (Å²) in [4.78, 5) is 10.4. The average molecular weight is 308 g/mol. The van der Waals surface area contributed by atoms with Crippen LogP contribution in [0.5, 0.6) is 0 Å². The monoisotopic (exact) mass is 308 g/mol. The van der Waals surface area contributed by atoms with Gasteiger partial charge < -0.3 is 5.11 Å². The van der Waals surface area contributed by atoms with E-state index in [1.165, 1.54) is 22.8 Å². The molecule has 0 aliphatic carbocycles. The van der Waals surface area contributed by atoms with Crippen LogP contribution in [0.25, 0.3) is 11.6 Å². The third-order valence-corrected chi connectivity index (χ3v) is 3.32. The molecular formula is C21H24O2. The molecule has 0 saturated heterocycles. The Morgan fingerprint density at radius 1 is 1.30 bits per heavy atom. The molecule has 2 nitrogen and oxygen atoms in total. The zero-order valence-electron chi connectivity index (χ0n) is 14.0. The van der Waals surface area contributed by atoms with Gasteiger partial charge in [-0.15, -0.1) is 0 Å². The van der Waals surface area contributed by atoms with Gasteiger partial charge in [0, 0.05) is 6.08 Å². The molecule has 0 unspecified atom stereocenters. The lowest BCUT2D eigenvalue weighted by molar-refractivity contribution is -0.131. The van der Waals surface area contributed by atoms with Crippen molar-refractivity contribution in [2.24, 2.45) is 0 Å². The number of hydrogen-bond acceptors (Lipinski definition) is 1. The van der Waals surface area contributed by atoms with E-state index in [4.69, 9.17) is 5.11 Å². The van der Waals surface area contributed by atoms with Crippen LogP contribution in [-0.2, 0) is 4.79 Å². The fraction of sp³-hybridized carbons (Fsp3) is 0.190. The van der Waals surface area contributed by atoms with Crippen molar-refractivity contribution in [2.75, 3.05) is 0 Å². The minimum atomic E-state index is -0.916. The molecule has 1 N–H and O–H groups in total. The van der Waals surface area contributed by atoms with E-state index < -0.39 is 5.97 Å². The predicted octanol–water partition coefficient (Wildman–Crippen LogP) is 5.57. The fourth-order valence-electron chi connectivity index (χ4n) is 2.25. The lowest BCUT2D eigenvalue weighted by Gasteiger charge is -2.08. The molecule has 1 rings (SSSR count). The van der Waals surface area contributed by atoms with E-state index in [-0.39, 0.29) is 0 Å². The second kappa shape index (κ2) is 9.42. The highest BCUT2D eigenvalue weighted by atomic mass is 16.4. The molecular weight excluding hydrogens is 284 g/mol. The third kappa shape index (κ3) is 6.79. The Hall–Kier alpha value is -2.61. The van der Waals surface area contributed by atoms with Gasteiger partial charge in [-0.25, -0.2) is 4.79 Å². The van der Waals surface area contributed by atoms with E-state index in [0.29, 0.717) is 6.42 Å². The summed E-state index contributed by atoms with van der Waals surface area (Å²) in [6.45, 7) is 9.90. The molecule has 0 aromatic heterocycles. The SMILES string of the molecule is C=C/C=C/c1cc(C)ccc1/C(C)=C/C(C)=C/C/C=C/C(=O)O. The second-order valence-electron chi connectivity index (χ2n) is 5.44. The number of carboxylic acid groups (broad SMARTS) is 1. The molecule has 1 aromatic rings. The fourth-order valence-corrected chi connectivity index (χ4v) is 2.25. The van der Waals surface area contributed by atoms with Gasteiger partial charge in [-0.05, 0) is 43.9 Å². The Kier molecular flexibility index (Phi) is 7.55. The van der Waals surface area contributed by atoms with Gasteiger partial charge in [0.25, 0.3) is 0 Å². The smallest absolute Gasteiger partial charge is 0.327 e. The van der Waals surface area contributed by atoms with Gasteiger partial charge in [0.1, 0.15) is 0 Å². The molecule has 0 spiro atoms. The largest absolute Gasteiger partial charge is 0.478 e. The highest BCUT2D eigenvalue weighted by Gasteiger charge is 2.02. The number of aryl methyl sites for hydroxylation is 1. The maximum Gasteiger partial charge on any atom is 0.327 e. The first-order chi connectivity index (χ1) is 10.9. The van der Waals surface area contributed by atoms with Crippen LogP contribution < -0.4 is 0 Å². The van der Waals surface area contributed by atoms with Crippen LogP contribution in [0.1, 0.15) is 37.0 Å². The van der Waals surface area contributed by atoms with Crippen molar-refractivity contribution in [3.8, 4) is 0 Å². The van der Waals surface area contributed by atoms with Gasteiger partial charge in [-0.2, -0.15) is 0 Å². The zero-order chi connectivity index (χ0) is 17.2. The van der Waals surface area contributed by atoms with Crippen LogP contribution in [-0.4, -0.2) is 11.1 Å². The van der Waals surface area contributed by atoms with Crippen LogP contribution in [0.2, 0.25) is 0 Å². The summed E-state index contributed by atoms with van der Waals surface area (Å²) >= 11 is 0. The van der Waals surface area contributed by atoms with Crippen molar-refractivity contribution in [3.63, 3.8) is 0 Å². The van der Waals surface area contributed by atoms with Gasteiger partial charge in [-0.3, -0.25) is 0 Å². The lowest BCUT2D eigenvalue weighted by atomic mass is 9.97. The molecule has 0 heterocycles. The van der Waals surface area contributed by atoms with Crippen molar-refractivity contribution in [3.05, 3.63) is 83.5 Å². The van der Waals surface area contributed by atoms with Crippen LogP contribution in [0.3, 0.4) is 0 Å². The highest BCUT2D eigenvalue weighted by Crippen LogP contribution is 2.23. The predicted molar refractivity (Wildman–Crippen MR) is 99.2 cm³/mol. The molecule has 2 heteroatoms. The quantitative estimate of drug-likeness (QED) is 0.528. The third-order valence-electron chi connectivity index (χ3n) is 3.32. The zero-order valence-corrected chi connectivity index (χ0v) is 14.0. The number of carboxylic acids is 1. The molecule has 0 aliphatic rings. The first-order valence-electron chi connectivity index (χ1n) is 7.58. The van der Waals surface area contributed by atoms with Gasteiger partial charge in [0.05, 0.1) is 0 Å². The standard InChI is InChI=1S/C21H24O2/c1-5-6-10-19-15-17(3)12-13-20(19)18(4)14-16(2)9-7-8-11-21(22)23/h5-6,8-15H,1,7H2,2-4H3,(H,22,23)/b10-6+,11-8+,16-9+,18-14+.